The van der Waals surface area contributed by atoms with Crippen molar-refractivity contribution in [3.63, 3.8) is 0 Å². The van der Waals surface area contributed by atoms with E-state index in [1.165, 1.54) is 29.2 Å². The molecule has 0 aromatic heterocycles. The number of aromatic hydroxyl groups is 1. The number of aliphatic imine (C=N–C) groups is 1. The minimum absolute atomic E-state index is 0.223. The number of nitrogens with zero attached hydrogens (tertiary/aromatic N) is 3. The maximum atomic E-state index is 11.9. The molecule has 2 rings (SSSR count). The molecule has 1 aliphatic rings. The number of amides is 1. The van der Waals surface area contributed by atoms with Crippen LogP contribution in [0.5, 0.6) is 5.75 Å². The summed E-state index contributed by atoms with van der Waals surface area (Å²) < 4.78 is 0. The fourth-order valence-electron chi connectivity index (χ4n) is 1.70. The molecule has 0 aliphatic carbocycles. The van der Waals surface area contributed by atoms with E-state index < -0.39 is 16.4 Å². The molecule has 1 aromatic carbocycles. The van der Waals surface area contributed by atoms with Crippen molar-refractivity contribution in [1.29, 1.82) is 0 Å². The van der Waals surface area contributed by atoms with Crippen molar-refractivity contribution < 1.29 is 14.8 Å². The number of rotatable bonds is 2. The highest BCUT2D eigenvalue weighted by Gasteiger charge is 2.30. The van der Waals surface area contributed by atoms with E-state index in [0.29, 0.717) is 10.1 Å². The van der Waals surface area contributed by atoms with Crippen LogP contribution in [0.1, 0.15) is 5.56 Å². The average molecular weight is 293 g/mol. The van der Waals surface area contributed by atoms with Crippen LogP contribution in [0.3, 0.4) is 0 Å². The van der Waals surface area contributed by atoms with Crippen molar-refractivity contribution in [3.8, 4) is 5.75 Å². The molecule has 7 nitrogen and oxygen atoms in total. The highest BCUT2D eigenvalue weighted by Crippen LogP contribution is 2.35. The van der Waals surface area contributed by atoms with Gasteiger partial charge in [-0.1, -0.05) is 12.1 Å². The maximum absolute atomic E-state index is 11.9. The van der Waals surface area contributed by atoms with Gasteiger partial charge in [0.15, 0.2) is 5.17 Å². The van der Waals surface area contributed by atoms with Crippen LogP contribution >= 0.6 is 11.8 Å². The Kier molecular flexibility index (Phi) is 3.75. The first-order valence-corrected chi connectivity index (χ1v) is 6.38. The van der Waals surface area contributed by atoms with Crippen LogP contribution in [0, 0.1) is 10.1 Å². The minimum Gasteiger partial charge on any atom is -0.502 e. The molecule has 1 aromatic rings. The summed E-state index contributed by atoms with van der Waals surface area (Å²) in [5.74, 6) is -0.718. The predicted octanol–water partition coefficient (Wildman–Crippen LogP) is 1.83. The van der Waals surface area contributed by atoms with Crippen LogP contribution < -0.4 is 0 Å². The number of benzene rings is 1. The zero-order valence-electron chi connectivity index (χ0n) is 10.7. The highest BCUT2D eigenvalue weighted by molar-refractivity contribution is 8.18. The number of phenols is 1. The predicted molar refractivity (Wildman–Crippen MR) is 76.5 cm³/mol. The van der Waals surface area contributed by atoms with Gasteiger partial charge in [0.05, 0.1) is 9.83 Å². The molecule has 0 unspecified atom stereocenters. The molecule has 1 saturated heterocycles. The van der Waals surface area contributed by atoms with Crippen molar-refractivity contribution >= 4 is 34.6 Å². The number of amidine groups is 1. The Labute approximate surface area is 118 Å². The molecule has 0 saturated carbocycles. The number of thioether (sulfide) groups is 1. The summed E-state index contributed by atoms with van der Waals surface area (Å²) in [5, 5.41) is 21.1. The van der Waals surface area contributed by atoms with Crippen LogP contribution in [0.4, 0.5) is 5.69 Å². The largest absolute Gasteiger partial charge is 0.502 e. The second-order valence-corrected chi connectivity index (χ2v) is 4.96. The Balaban J connectivity index is 2.45. The molecule has 8 heteroatoms. The first kappa shape index (κ1) is 14.1. The molecule has 0 atom stereocenters. The van der Waals surface area contributed by atoms with Crippen molar-refractivity contribution in [2.75, 3.05) is 14.1 Å². The third-order valence-electron chi connectivity index (χ3n) is 2.72. The number of nitro benzene ring substituents is 1. The Morgan fingerprint density at radius 3 is 2.75 bits per heavy atom. The van der Waals surface area contributed by atoms with E-state index in [4.69, 9.17) is 0 Å². The molecule has 1 fully saturated rings. The lowest BCUT2D eigenvalue weighted by Crippen LogP contribution is -2.23. The zero-order valence-corrected chi connectivity index (χ0v) is 11.5. The maximum Gasteiger partial charge on any atom is 0.311 e. The average Bonchev–Trinajstić information content (AvgIpc) is 2.68. The van der Waals surface area contributed by atoms with Crippen LogP contribution in [0.2, 0.25) is 0 Å². The number of likely N-dealkylation sites (N-methyl/N-ethyl adjacent to an activating group) is 1. The summed E-state index contributed by atoms with van der Waals surface area (Å²) in [6, 6.07) is 4.16. The minimum atomic E-state index is -0.675. The van der Waals surface area contributed by atoms with Gasteiger partial charge in [0.2, 0.25) is 5.75 Å². The molecular weight excluding hydrogens is 282 g/mol. The van der Waals surface area contributed by atoms with E-state index in [0.717, 1.165) is 11.8 Å². The van der Waals surface area contributed by atoms with Crippen LogP contribution in [0.25, 0.3) is 6.08 Å². The fraction of sp³-hybridized carbons (Fsp3) is 0.167. The van der Waals surface area contributed by atoms with Gasteiger partial charge >= 0.3 is 5.69 Å². The molecule has 0 bridgehead atoms. The second-order valence-electron chi connectivity index (χ2n) is 3.95. The quantitative estimate of drug-likeness (QED) is 0.510. The molecule has 20 heavy (non-hydrogen) atoms. The van der Waals surface area contributed by atoms with Gasteiger partial charge in [0.25, 0.3) is 5.91 Å². The van der Waals surface area contributed by atoms with E-state index in [9.17, 15) is 20.0 Å². The number of hydrogen-bond donors (Lipinski definition) is 1. The number of phenolic OH excluding ortho intramolecular Hbond substituents is 1. The monoisotopic (exact) mass is 293 g/mol. The van der Waals surface area contributed by atoms with E-state index in [-0.39, 0.29) is 11.5 Å². The van der Waals surface area contributed by atoms with Crippen molar-refractivity contribution in [2.45, 2.75) is 0 Å². The first-order chi connectivity index (χ1) is 9.45. The normalized spacial score (nSPS) is 19.1. The molecule has 0 radical (unpaired) electrons. The van der Waals surface area contributed by atoms with Crippen molar-refractivity contribution in [1.82, 2.24) is 4.90 Å². The summed E-state index contributed by atoms with van der Waals surface area (Å²) in [7, 11) is 3.16. The van der Waals surface area contributed by atoms with Crippen LogP contribution in [0.15, 0.2) is 28.1 Å². The summed E-state index contributed by atoms with van der Waals surface area (Å²) in [4.78, 5) is 27.7. The van der Waals surface area contributed by atoms with Crippen LogP contribution in [-0.2, 0) is 4.79 Å². The standard InChI is InChI=1S/C12H11N3O4S/c1-13-12-14(2)11(17)9(20-12)6-7-4-3-5-8(10(7)16)15(18)19/h3-6,16H,1-2H3/b9-6-,13-12?. The van der Waals surface area contributed by atoms with E-state index in [1.54, 1.807) is 14.1 Å². The fourth-order valence-corrected chi connectivity index (χ4v) is 2.62. The number of hydrogen-bond acceptors (Lipinski definition) is 6. The first-order valence-electron chi connectivity index (χ1n) is 5.56. The lowest BCUT2D eigenvalue weighted by molar-refractivity contribution is -0.385. The zero-order chi connectivity index (χ0) is 14.9. The van der Waals surface area contributed by atoms with Gasteiger partial charge in [-0.25, -0.2) is 0 Å². The molecular formula is C12H11N3O4S. The third-order valence-corrected chi connectivity index (χ3v) is 3.88. The summed E-state index contributed by atoms with van der Waals surface area (Å²) in [5.41, 5.74) is -0.173. The van der Waals surface area contributed by atoms with E-state index in [2.05, 4.69) is 4.99 Å². The van der Waals surface area contributed by atoms with Gasteiger partial charge in [-0.05, 0) is 17.8 Å². The summed E-state index contributed by atoms with van der Waals surface area (Å²) in [6.07, 6.45) is 1.42. The number of para-hydroxylation sites is 1. The summed E-state index contributed by atoms with van der Waals surface area (Å²) >= 11 is 1.15. The Bertz CT molecular complexity index is 654. The lowest BCUT2D eigenvalue weighted by atomic mass is 10.1. The Morgan fingerprint density at radius 1 is 1.50 bits per heavy atom. The molecule has 1 N–H and O–H groups in total. The van der Waals surface area contributed by atoms with Gasteiger partial charge in [-0.3, -0.25) is 24.8 Å². The number of carbonyl (C=O) groups excluding carboxylic acids is 1. The lowest BCUT2D eigenvalue weighted by Gasteiger charge is -2.05. The molecule has 0 spiro atoms. The van der Waals surface area contributed by atoms with Gasteiger partial charge in [0, 0.05) is 25.7 Å². The molecule has 1 heterocycles. The van der Waals surface area contributed by atoms with Gasteiger partial charge < -0.3 is 5.11 Å². The SMILES string of the molecule is CN=C1S/C(=C\c2cccc([N+](=O)[O-])c2O)C(=O)N1C. The van der Waals surface area contributed by atoms with E-state index >= 15 is 0 Å². The van der Waals surface area contributed by atoms with Crippen molar-refractivity contribution in [2.24, 2.45) is 4.99 Å². The second kappa shape index (κ2) is 5.33. The topological polar surface area (TPSA) is 96.0 Å². The van der Waals surface area contributed by atoms with Gasteiger partial charge in [-0.2, -0.15) is 0 Å². The number of nitro groups is 1. The van der Waals surface area contributed by atoms with Gasteiger partial charge in [0.1, 0.15) is 0 Å². The molecule has 104 valence electrons. The molecule has 1 amide bonds. The summed E-state index contributed by atoms with van der Waals surface area (Å²) in [6.45, 7) is 0. The highest BCUT2D eigenvalue weighted by atomic mass is 32.2. The molecule has 1 aliphatic heterocycles. The third kappa shape index (κ3) is 2.37. The van der Waals surface area contributed by atoms with Crippen molar-refractivity contribution in [3.05, 3.63) is 38.8 Å². The van der Waals surface area contributed by atoms with Crippen LogP contribution in [-0.4, -0.2) is 40.1 Å². The number of carbonyl (C=O) groups is 1. The smallest absolute Gasteiger partial charge is 0.311 e. The Morgan fingerprint density at radius 2 is 2.20 bits per heavy atom. The Hall–Kier alpha value is -2.35. The van der Waals surface area contributed by atoms with E-state index in [1.807, 2.05) is 0 Å². The van der Waals surface area contributed by atoms with Gasteiger partial charge in [-0.15, -0.1) is 0 Å².